The molecular formula is C13H24O5. The van der Waals surface area contributed by atoms with Crippen molar-refractivity contribution in [3.8, 4) is 0 Å². The number of hydrogen-bond donors (Lipinski definition) is 0. The Morgan fingerprint density at radius 1 is 1.17 bits per heavy atom. The van der Waals surface area contributed by atoms with Crippen molar-refractivity contribution in [2.24, 2.45) is 0 Å². The molecule has 0 N–H and O–H groups in total. The van der Waals surface area contributed by atoms with Gasteiger partial charge < -0.3 is 14.2 Å². The summed E-state index contributed by atoms with van der Waals surface area (Å²) in [6.07, 6.45) is 2.22. The van der Waals surface area contributed by atoms with Crippen LogP contribution in [0.3, 0.4) is 0 Å². The van der Waals surface area contributed by atoms with Gasteiger partial charge in [0.25, 0.3) is 0 Å². The number of rotatable bonds is 7. The molecule has 0 aliphatic carbocycles. The highest BCUT2D eigenvalue weighted by Crippen LogP contribution is 1.90. The third-order valence-electron chi connectivity index (χ3n) is 1.68. The first-order valence-corrected chi connectivity index (χ1v) is 5.96. The largest absolute Gasteiger partial charge is 0.462 e. The van der Waals surface area contributed by atoms with Crippen molar-refractivity contribution in [2.45, 2.75) is 40.9 Å². The van der Waals surface area contributed by atoms with E-state index in [1.54, 1.807) is 13.0 Å². The molecule has 0 radical (unpaired) electrons. The highest BCUT2D eigenvalue weighted by Gasteiger charge is 1.94. The highest BCUT2D eigenvalue weighted by atomic mass is 16.7. The first-order chi connectivity index (χ1) is 8.47. The maximum Gasteiger partial charge on any atom is 0.302 e. The lowest BCUT2D eigenvalue weighted by Crippen LogP contribution is -2.11. The summed E-state index contributed by atoms with van der Waals surface area (Å²) >= 11 is 0. The number of allylic oxidation sites excluding steroid dienone is 1. The van der Waals surface area contributed by atoms with Gasteiger partial charge in [-0.3, -0.25) is 9.59 Å². The Kier molecular flexibility index (Phi) is 14.7. The molecule has 0 aromatic carbocycles. The van der Waals surface area contributed by atoms with Gasteiger partial charge in [0.1, 0.15) is 12.9 Å². The lowest BCUT2D eigenvalue weighted by molar-refractivity contribution is -0.139. The molecule has 0 saturated heterocycles. The van der Waals surface area contributed by atoms with E-state index >= 15 is 0 Å². The number of aldehydes is 1. The van der Waals surface area contributed by atoms with Crippen LogP contribution in [-0.2, 0) is 23.8 Å². The van der Waals surface area contributed by atoms with Crippen LogP contribution < -0.4 is 0 Å². The Labute approximate surface area is 109 Å². The van der Waals surface area contributed by atoms with E-state index in [0.29, 0.717) is 11.9 Å². The molecule has 0 atom stereocenters. The highest BCUT2D eigenvalue weighted by molar-refractivity contribution is 5.72. The predicted molar refractivity (Wildman–Crippen MR) is 69.2 cm³/mol. The van der Waals surface area contributed by atoms with Crippen molar-refractivity contribution in [2.75, 3.05) is 19.8 Å². The lowest BCUT2D eigenvalue weighted by atomic mass is 10.3. The van der Waals surface area contributed by atoms with Gasteiger partial charge in [-0.1, -0.05) is 0 Å². The Morgan fingerprint density at radius 2 is 1.67 bits per heavy atom. The molecule has 0 saturated carbocycles. The van der Waals surface area contributed by atoms with Gasteiger partial charge in [-0.15, -0.1) is 0 Å². The van der Waals surface area contributed by atoms with Crippen molar-refractivity contribution in [3.63, 3.8) is 0 Å². The molecule has 0 aliphatic rings. The minimum absolute atomic E-state index is 0.0370. The number of ether oxygens (including phenoxy) is 3. The van der Waals surface area contributed by atoms with Crippen LogP contribution in [0.25, 0.3) is 0 Å². The number of carbonyl (C=O) groups excluding carboxylic acids is 2. The van der Waals surface area contributed by atoms with Crippen LogP contribution in [0.1, 0.15) is 34.6 Å². The molecule has 0 aromatic rings. The van der Waals surface area contributed by atoms with Crippen molar-refractivity contribution in [1.82, 2.24) is 0 Å². The fraction of sp³-hybridized carbons (Fsp3) is 0.692. The van der Waals surface area contributed by atoms with Gasteiger partial charge in [-0.25, -0.2) is 0 Å². The first-order valence-electron chi connectivity index (χ1n) is 5.96. The third-order valence-corrected chi connectivity index (χ3v) is 1.68. The van der Waals surface area contributed by atoms with E-state index in [2.05, 4.69) is 4.74 Å². The van der Waals surface area contributed by atoms with Crippen molar-refractivity contribution in [1.29, 1.82) is 0 Å². The molecule has 0 aromatic heterocycles. The zero-order chi connectivity index (χ0) is 14.4. The molecule has 0 heterocycles. The van der Waals surface area contributed by atoms with Crippen LogP contribution in [0.4, 0.5) is 0 Å². The Hall–Kier alpha value is -1.20. The van der Waals surface area contributed by atoms with Gasteiger partial charge in [0.15, 0.2) is 6.29 Å². The zero-order valence-electron chi connectivity index (χ0n) is 11.9. The normalized spacial score (nSPS) is 10.7. The van der Waals surface area contributed by atoms with Gasteiger partial charge >= 0.3 is 5.97 Å². The molecule has 0 unspecified atom stereocenters. The quantitative estimate of drug-likeness (QED) is 0.303. The van der Waals surface area contributed by atoms with Crippen LogP contribution >= 0.6 is 0 Å². The smallest absolute Gasteiger partial charge is 0.302 e. The predicted octanol–water partition coefficient (Wildman–Crippen LogP) is 2.10. The minimum atomic E-state index is -0.338. The monoisotopic (exact) mass is 260 g/mol. The van der Waals surface area contributed by atoms with Crippen LogP contribution in [-0.4, -0.2) is 38.4 Å². The standard InChI is InChI=1S/C7H10O3.C6H14O2/c1-6(5-8)3-4-10-7(2)9;1-4-7-6(3)8-5-2/h3,5H,4H2,1-2H3;6H,4-5H2,1-3H3/b6-3+;. The third kappa shape index (κ3) is 17.2. The lowest BCUT2D eigenvalue weighted by Gasteiger charge is -2.09. The number of carbonyl (C=O) groups is 2. The topological polar surface area (TPSA) is 61.8 Å². The van der Waals surface area contributed by atoms with Crippen LogP contribution in [0.2, 0.25) is 0 Å². The summed E-state index contributed by atoms with van der Waals surface area (Å²) in [5.74, 6) is -0.338. The average molecular weight is 260 g/mol. The Morgan fingerprint density at radius 3 is 2.00 bits per heavy atom. The van der Waals surface area contributed by atoms with Crippen LogP contribution in [0.5, 0.6) is 0 Å². The summed E-state index contributed by atoms with van der Waals surface area (Å²) in [7, 11) is 0. The van der Waals surface area contributed by atoms with E-state index < -0.39 is 0 Å². The summed E-state index contributed by atoms with van der Waals surface area (Å²) in [5.41, 5.74) is 0.571. The van der Waals surface area contributed by atoms with Crippen molar-refractivity contribution >= 4 is 12.3 Å². The second-order valence-corrected chi connectivity index (χ2v) is 3.35. The van der Waals surface area contributed by atoms with Gasteiger partial charge in [0.05, 0.1) is 0 Å². The molecular weight excluding hydrogens is 236 g/mol. The zero-order valence-corrected chi connectivity index (χ0v) is 11.9. The van der Waals surface area contributed by atoms with Crippen LogP contribution in [0, 0.1) is 0 Å². The van der Waals surface area contributed by atoms with E-state index in [0.717, 1.165) is 13.2 Å². The second kappa shape index (κ2) is 13.9. The SMILES string of the molecule is CC(=O)OC/C=C(\C)C=O.CCOC(C)OCC. The van der Waals surface area contributed by atoms with E-state index in [4.69, 9.17) is 9.47 Å². The van der Waals surface area contributed by atoms with Gasteiger partial charge in [-0.2, -0.15) is 0 Å². The fourth-order valence-corrected chi connectivity index (χ4v) is 0.856. The van der Waals surface area contributed by atoms with Crippen molar-refractivity contribution in [3.05, 3.63) is 11.6 Å². The molecule has 5 nitrogen and oxygen atoms in total. The van der Waals surface area contributed by atoms with E-state index in [1.807, 2.05) is 20.8 Å². The molecule has 18 heavy (non-hydrogen) atoms. The van der Waals surface area contributed by atoms with Crippen molar-refractivity contribution < 1.29 is 23.8 Å². The second-order valence-electron chi connectivity index (χ2n) is 3.35. The summed E-state index contributed by atoms with van der Waals surface area (Å²) in [6, 6.07) is 0. The van der Waals surface area contributed by atoms with E-state index in [9.17, 15) is 9.59 Å². The summed E-state index contributed by atoms with van der Waals surface area (Å²) in [6.45, 7) is 10.4. The number of esters is 1. The Balaban J connectivity index is 0. The molecule has 106 valence electrons. The molecule has 0 rings (SSSR count). The molecule has 0 fully saturated rings. The summed E-state index contributed by atoms with van der Waals surface area (Å²) in [4.78, 5) is 20.1. The maximum absolute atomic E-state index is 10.2. The molecule has 0 spiro atoms. The van der Waals surface area contributed by atoms with Gasteiger partial charge in [-0.05, 0) is 39.3 Å². The first kappa shape index (κ1) is 19.1. The fourth-order valence-electron chi connectivity index (χ4n) is 0.856. The molecule has 5 heteroatoms. The Bertz CT molecular complexity index is 242. The molecule has 0 amide bonds. The summed E-state index contributed by atoms with van der Waals surface area (Å²) in [5, 5.41) is 0. The van der Waals surface area contributed by atoms with E-state index in [1.165, 1.54) is 6.92 Å². The average Bonchev–Trinajstić information content (AvgIpc) is 2.30. The minimum Gasteiger partial charge on any atom is -0.462 e. The number of hydrogen-bond acceptors (Lipinski definition) is 5. The van der Waals surface area contributed by atoms with Gasteiger partial charge in [0.2, 0.25) is 0 Å². The molecule has 0 bridgehead atoms. The summed E-state index contributed by atoms with van der Waals surface area (Å²) < 4.78 is 14.7. The maximum atomic E-state index is 10.2. The van der Waals surface area contributed by atoms with Crippen LogP contribution in [0.15, 0.2) is 11.6 Å². The van der Waals surface area contributed by atoms with E-state index in [-0.39, 0.29) is 18.9 Å². The van der Waals surface area contributed by atoms with Gasteiger partial charge in [0, 0.05) is 20.1 Å². The molecule has 0 aliphatic heterocycles.